The summed E-state index contributed by atoms with van der Waals surface area (Å²) in [4.78, 5) is 10.5. The minimum absolute atomic E-state index is 0.169. The van der Waals surface area contributed by atoms with Crippen LogP contribution < -0.4 is 5.32 Å². The summed E-state index contributed by atoms with van der Waals surface area (Å²) in [5, 5.41) is 11.6. The summed E-state index contributed by atoms with van der Waals surface area (Å²) >= 11 is 0. The van der Waals surface area contributed by atoms with Crippen molar-refractivity contribution in [2.24, 2.45) is 0 Å². The molecular formula is C11H23NO3. The van der Waals surface area contributed by atoms with Crippen molar-refractivity contribution in [2.45, 2.75) is 38.5 Å². The standard InChI is InChI=1S/C7H14O3.C4H9N/c1-10-7(9)5-3-2-4-6-8;1-2-4-5-3-1/h8H,2-6H2,1H3;5H,1-4H2. The molecule has 0 aromatic rings. The molecule has 1 aliphatic rings. The lowest BCUT2D eigenvalue weighted by molar-refractivity contribution is -0.140. The monoisotopic (exact) mass is 217 g/mol. The van der Waals surface area contributed by atoms with Gasteiger partial charge < -0.3 is 15.2 Å². The number of aliphatic hydroxyl groups excluding tert-OH is 1. The fraction of sp³-hybridized carbons (Fsp3) is 0.909. The van der Waals surface area contributed by atoms with Crippen molar-refractivity contribution in [2.75, 3.05) is 26.8 Å². The molecule has 0 bridgehead atoms. The van der Waals surface area contributed by atoms with E-state index in [1.54, 1.807) is 0 Å². The number of aliphatic hydroxyl groups is 1. The fourth-order valence-electron chi connectivity index (χ4n) is 1.28. The number of hydrogen-bond donors (Lipinski definition) is 2. The van der Waals surface area contributed by atoms with Crippen LogP contribution in [0.15, 0.2) is 0 Å². The molecule has 0 amide bonds. The van der Waals surface area contributed by atoms with Crippen LogP contribution in [0.25, 0.3) is 0 Å². The first-order valence-electron chi connectivity index (χ1n) is 5.69. The Kier molecular flexibility index (Phi) is 11.0. The van der Waals surface area contributed by atoms with E-state index in [2.05, 4.69) is 10.1 Å². The van der Waals surface area contributed by atoms with Gasteiger partial charge in [0.2, 0.25) is 0 Å². The zero-order chi connectivity index (χ0) is 11.4. The van der Waals surface area contributed by atoms with E-state index in [-0.39, 0.29) is 12.6 Å². The molecule has 1 aliphatic heterocycles. The number of ether oxygens (including phenoxy) is 1. The van der Waals surface area contributed by atoms with E-state index in [0.29, 0.717) is 6.42 Å². The van der Waals surface area contributed by atoms with Crippen LogP contribution in [-0.4, -0.2) is 37.9 Å². The molecular weight excluding hydrogens is 194 g/mol. The summed E-state index contributed by atoms with van der Waals surface area (Å²) in [6.07, 6.45) is 5.73. The maximum absolute atomic E-state index is 10.5. The highest BCUT2D eigenvalue weighted by Gasteiger charge is 1.97. The van der Waals surface area contributed by atoms with E-state index in [4.69, 9.17) is 5.11 Å². The molecule has 2 N–H and O–H groups in total. The molecule has 0 aliphatic carbocycles. The van der Waals surface area contributed by atoms with Gasteiger partial charge in [-0.15, -0.1) is 0 Å². The summed E-state index contributed by atoms with van der Waals surface area (Å²) in [6, 6.07) is 0. The van der Waals surface area contributed by atoms with Crippen molar-refractivity contribution in [3.05, 3.63) is 0 Å². The van der Waals surface area contributed by atoms with E-state index in [0.717, 1.165) is 19.3 Å². The number of carbonyl (C=O) groups excluding carboxylic acids is 1. The van der Waals surface area contributed by atoms with Gasteiger partial charge in [-0.1, -0.05) is 6.42 Å². The van der Waals surface area contributed by atoms with Crippen LogP contribution >= 0.6 is 0 Å². The highest BCUT2D eigenvalue weighted by Crippen LogP contribution is 1.99. The molecule has 1 heterocycles. The Balaban J connectivity index is 0.000000322. The molecule has 0 radical (unpaired) electrons. The zero-order valence-electron chi connectivity index (χ0n) is 9.63. The maximum Gasteiger partial charge on any atom is 0.305 e. The van der Waals surface area contributed by atoms with Gasteiger partial charge in [0.25, 0.3) is 0 Å². The minimum Gasteiger partial charge on any atom is -0.469 e. The van der Waals surface area contributed by atoms with E-state index in [1.165, 1.54) is 33.0 Å². The first-order chi connectivity index (χ1) is 7.31. The smallest absolute Gasteiger partial charge is 0.305 e. The fourth-order valence-corrected chi connectivity index (χ4v) is 1.28. The van der Waals surface area contributed by atoms with Gasteiger partial charge >= 0.3 is 5.97 Å². The molecule has 0 saturated carbocycles. The third-order valence-corrected chi connectivity index (χ3v) is 2.22. The second-order valence-electron chi connectivity index (χ2n) is 3.57. The predicted molar refractivity (Wildman–Crippen MR) is 59.7 cm³/mol. The number of rotatable bonds is 5. The van der Waals surface area contributed by atoms with Crippen LogP contribution in [0.3, 0.4) is 0 Å². The molecule has 0 atom stereocenters. The highest BCUT2D eigenvalue weighted by atomic mass is 16.5. The lowest BCUT2D eigenvalue weighted by Crippen LogP contribution is -2.03. The van der Waals surface area contributed by atoms with Crippen LogP contribution in [0.1, 0.15) is 38.5 Å². The third kappa shape index (κ3) is 11.3. The number of carbonyl (C=O) groups is 1. The Labute approximate surface area is 92.0 Å². The molecule has 1 rings (SSSR count). The van der Waals surface area contributed by atoms with Gasteiger partial charge in [-0.3, -0.25) is 4.79 Å². The van der Waals surface area contributed by atoms with Crippen molar-refractivity contribution in [3.8, 4) is 0 Å². The van der Waals surface area contributed by atoms with Crippen LogP contribution in [0.5, 0.6) is 0 Å². The largest absolute Gasteiger partial charge is 0.469 e. The Hall–Kier alpha value is -0.610. The summed E-state index contributed by atoms with van der Waals surface area (Å²) in [5.74, 6) is -0.169. The first kappa shape index (κ1) is 14.4. The zero-order valence-corrected chi connectivity index (χ0v) is 9.63. The van der Waals surface area contributed by atoms with E-state index in [9.17, 15) is 4.79 Å². The average Bonchev–Trinajstić information content (AvgIpc) is 2.82. The number of nitrogens with one attached hydrogen (secondary N) is 1. The summed E-state index contributed by atoms with van der Waals surface area (Å²) in [6.45, 7) is 2.71. The van der Waals surface area contributed by atoms with E-state index < -0.39 is 0 Å². The molecule has 0 aromatic carbocycles. The molecule has 90 valence electrons. The van der Waals surface area contributed by atoms with Crippen molar-refractivity contribution in [1.29, 1.82) is 0 Å². The molecule has 0 aromatic heterocycles. The molecule has 15 heavy (non-hydrogen) atoms. The lowest BCUT2D eigenvalue weighted by atomic mass is 10.2. The number of methoxy groups -OCH3 is 1. The molecule has 0 unspecified atom stereocenters. The number of unbranched alkanes of at least 4 members (excludes halogenated alkanes) is 2. The summed E-state index contributed by atoms with van der Waals surface area (Å²) < 4.78 is 4.43. The molecule has 4 nitrogen and oxygen atoms in total. The first-order valence-corrected chi connectivity index (χ1v) is 5.69. The summed E-state index contributed by atoms with van der Waals surface area (Å²) in [7, 11) is 1.38. The van der Waals surface area contributed by atoms with E-state index in [1.807, 2.05) is 0 Å². The van der Waals surface area contributed by atoms with Crippen LogP contribution in [0.4, 0.5) is 0 Å². The van der Waals surface area contributed by atoms with Gasteiger partial charge in [0, 0.05) is 13.0 Å². The normalized spacial score (nSPS) is 14.3. The van der Waals surface area contributed by atoms with Crippen LogP contribution in [0, 0.1) is 0 Å². The van der Waals surface area contributed by atoms with Gasteiger partial charge in [0.1, 0.15) is 0 Å². The topological polar surface area (TPSA) is 58.6 Å². The Morgan fingerprint density at radius 3 is 2.33 bits per heavy atom. The van der Waals surface area contributed by atoms with Crippen molar-refractivity contribution in [3.63, 3.8) is 0 Å². The lowest BCUT2D eigenvalue weighted by Gasteiger charge is -1.96. The third-order valence-electron chi connectivity index (χ3n) is 2.22. The quantitative estimate of drug-likeness (QED) is 0.534. The van der Waals surface area contributed by atoms with Gasteiger partial charge in [-0.25, -0.2) is 0 Å². The number of esters is 1. The predicted octanol–water partition coefficient (Wildman–Crippen LogP) is 1.08. The SMILES string of the molecule is C1CCNC1.COC(=O)CCCCCO. The molecule has 1 fully saturated rings. The minimum atomic E-state index is -0.169. The second kappa shape index (κ2) is 11.5. The average molecular weight is 217 g/mol. The maximum atomic E-state index is 10.5. The molecule has 4 heteroatoms. The Morgan fingerprint density at radius 1 is 1.27 bits per heavy atom. The van der Waals surface area contributed by atoms with E-state index >= 15 is 0 Å². The molecule has 0 spiro atoms. The highest BCUT2D eigenvalue weighted by molar-refractivity contribution is 5.68. The van der Waals surface area contributed by atoms with Gasteiger partial charge in [0.05, 0.1) is 7.11 Å². The van der Waals surface area contributed by atoms with Gasteiger partial charge in [0.15, 0.2) is 0 Å². The summed E-state index contributed by atoms with van der Waals surface area (Å²) in [5.41, 5.74) is 0. The second-order valence-corrected chi connectivity index (χ2v) is 3.57. The molecule has 1 saturated heterocycles. The van der Waals surface area contributed by atoms with Crippen molar-refractivity contribution >= 4 is 5.97 Å². The Morgan fingerprint density at radius 2 is 1.93 bits per heavy atom. The Bertz CT molecular complexity index is 139. The van der Waals surface area contributed by atoms with Crippen LogP contribution in [0.2, 0.25) is 0 Å². The van der Waals surface area contributed by atoms with Crippen molar-refractivity contribution in [1.82, 2.24) is 5.32 Å². The van der Waals surface area contributed by atoms with Crippen LogP contribution in [-0.2, 0) is 9.53 Å². The van der Waals surface area contributed by atoms with Crippen molar-refractivity contribution < 1.29 is 14.6 Å². The van der Waals surface area contributed by atoms with Gasteiger partial charge in [-0.2, -0.15) is 0 Å². The number of hydrogen-bond acceptors (Lipinski definition) is 4. The van der Waals surface area contributed by atoms with Gasteiger partial charge in [-0.05, 0) is 38.8 Å².